The summed E-state index contributed by atoms with van der Waals surface area (Å²) in [5, 5.41) is 10.1. The lowest BCUT2D eigenvalue weighted by atomic mass is 10.1. The number of aromatic nitrogens is 4. The van der Waals surface area contributed by atoms with Gasteiger partial charge < -0.3 is 15.8 Å². The molecule has 0 radical (unpaired) electrons. The molecule has 0 unspecified atom stereocenters. The average molecular weight is 388 g/mol. The van der Waals surface area contributed by atoms with Crippen molar-refractivity contribution >= 4 is 27.3 Å². The van der Waals surface area contributed by atoms with Crippen molar-refractivity contribution in [2.24, 2.45) is 0 Å². The second-order valence-electron chi connectivity index (χ2n) is 6.11. The smallest absolute Gasteiger partial charge is 0.229 e. The van der Waals surface area contributed by atoms with Crippen LogP contribution in [0, 0.1) is 13.8 Å². The van der Waals surface area contributed by atoms with Gasteiger partial charge in [-0.1, -0.05) is 0 Å². The zero-order valence-corrected chi connectivity index (χ0v) is 16.2. The Morgan fingerprint density at radius 3 is 2.52 bits per heavy atom. The minimum atomic E-state index is -3.40. The number of sulfone groups is 1. The Labute approximate surface area is 156 Å². The Balaban J connectivity index is 1.95. The second kappa shape index (κ2) is 6.88. The predicted molar refractivity (Wildman–Crippen MR) is 103 cm³/mol. The number of aromatic amines is 1. The third-order valence-corrected chi connectivity index (χ3v) is 5.22. The number of nitrogens with one attached hydrogen (secondary N) is 2. The van der Waals surface area contributed by atoms with Crippen molar-refractivity contribution in [3.05, 3.63) is 35.7 Å². The second-order valence-corrected chi connectivity index (χ2v) is 8.12. The number of benzene rings is 1. The van der Waals surface area contributed by atoms with E-state index in [1.54, 1.807) is 12.3 Å². The van der Waals surface area contributed by atoms with E-state index in [1.807, 2.05) is 13.8 Å². The molecule has 0 aliphatic heterocycles. The van der Waals surface area contributed by atoms with Crippen molar-refractivity contribution in [2.75, 3.05) is 24.4 Å². The fourth-order valence-corrected chi connectivity index (χ4v) is 3.16. The molecule has 27 heavy (non-hydrogen) atoms. The van der Waals surface area contributed by atoms with Crippen LogP contribution in [-0.4, -0.2) is 41.9 Å². The fraction of sp³-hybridized carbons (Fsp3) is 0.235. The number of rotatable bonds is 5. The minimum Gasteiger partial charge on any atom is -0.497 e. The lowest BCUT2D eigenvalue weighted by molar-refractivity contribution is 0.413. The molecule has 0 atom stereocenters. The van der Waals surface area contributed by atoms with Crippen molar-refractivity contribution in [3.63, 3.8) is 0 Å². The van der Waals surface area contributed by atoms with E-state index in [0.717, 1.165) is 17.5 Å². The highest BCUT2D eigenvalue weighted by Gasteiger charge is 2.15. The van der Waals surface area contributed by atoms with Crippen molar-refractivity contribution < 1.29 is 13.2 Å². The van der Waals surface area contributed by atoms with Crippen LogP contribution < -0.4 is 15.8 Å². The third-order valence-electron chi connectivity index (χ3n) is 4.13. The fourth-order valence-electron chi connectivity index (χ4n) is 2.49. The maximum atomic E-state index is 11.9. The molecule has 0 aliphatic rings. The molecule has 4 N–H and O–H groups in total. The number of hydrogen-bond donors (Lipinski definition) is 3. The summed E-state index contributed by atoms with van der Waals surface area (Å²) in [6, 6.07) is 4.57. The maximum absolute atomic E-state index is 11.9. The van der Waals surface area contributed by atoms with Crippen LogP contribution in [-0.2, 0) is 9.84 Å². The molecule has 2 aromatic heterocycles. The minimum absolute atomic E-state index is 0.122. The van der Waals surface area contributed by atoms with E-state index in [2.05, 4.69) is 25.5 Å². The Morgan fingerprint density at radius 1 is 1.22 bits per heavy atom. The lowest BCUT2D eigenvalue weighted by Gasteiger charge is -2.11. The first kappa shape index (κ1) is 18.6. The van der Waals surface area contributed by atoms with E-state index < -0.39 is 9.84 Å². The molecule has 0 bridgehead atoms. The molecule has 0 fully saturated rings. The standard InChI is InChI=1S/C17H20N6O3S/c1-9-10(2)22-23-15(9)14-8-19-17(21-16(14)18)20-11-5-12(26-3)7-13(6-11)27(4,24)25/h5-8H,1-4H3,(H,22,23)(H3,18,19,20,21). The number of hydrogen-bond acceptors (Lipinski definition) is 8. The third kappa shape index (κ3) is 3.85. The molecule has 142 valence electrons. The van der Waals surface area contributed by atoms with Gasteiger partial charge >= 0.3 is 0 Å². The van der Waals surface area contributed by atoms with Gasteiger partial charge in [-0.3, -0.25) is 5.10 Å². The van der Waals surface area contributed by atoms with Gasteiger partial charge in [-0.25, -0.2) is 13.4 Å². The molecule has 10 heteroatoms. The van der Waals surface area contributed by atoms with Crippen LogP contribution >= 0.6 is 0 Å². The molecule has 0 spiro atoms. The summed E-state index contributed by atoms with van der Waals surface area (Å²) in [7, 11) is -1.94. The first-order valence-corrected chi connectivity index (χ1v) is 9.89. The van der Waals surface area contributed by atoms with Gasteiger partial charge in [0, 0.05) is 29.9 Å². The number of H-pyrrole nitrogens is 1. The number of anilines is 3. The normalized spacial score (nSPS) is 11.4. The molecule has 0 amide bonds. The summed E-state index contributed by atoms with van der Waals surface area (Å²) >= 11 is 0. The number of ether oxygens (including phenoxy) is 1. The number of aryl methyl sites for hydroxylation is 1. The van der Waals surface area contributed by atoms with E-state index in [0.29, 0.717) is 22.7 Å². The topological polar surface area (TPSA) is 136 Å². The highest BCUT2D eigenvalue weighted by molar-refractivity contribution is 7.90. The van der Waals surface area contributed by atoms with E-state index >= 15 is 0 Å². The van der Waals surface area contributed by atoms with Gasteiger partial charge in [-0.2, -0.15) is 10.1 Å². The molecule has 9 nitrogen and oxygen atoms in total. The first-order valence-electron chi connectivity index (χ1n) is 7.99. The van der Waals surface area contributed by atoms with Gasteiger partial charge in [0.1, 0.15) is 17.3 Å². The highest BCUT2D eigenvalue weighted by atomic mass is 32.2. The summed E-state index contributed by atoms with van der Waals surface area (Å²) in [5.41, 5.74) is 9.76. The van der Waals surface area contributed by atoms with Crippen LogP contribution in [0.3, 0.4) is 0 Å². The number of nitrogens with two attached hydrogens (primary N) is 1. The Morgan fingerprint density at radius 2 is 1.96 bits per heavy atom. The molecule has 3 rings (SSSR count). The zero-order chi connectivity index (χ0) is 19.8. The van der Waals surface area contributed by atoms with E-state index in [-0.39, 0.29) is 16.7 Å². The number of nitrogens with zero attached hydrogens (tertiary/aromatic N) is 3. The van der Waals surface area contributed by atoms with Gasteiger partial charge in [-0.15, -0.1) is 0 Å². The Hall–Kier alpha value is -3.14. The van der Waals surface area contributed by atoms with Crippen LogP contribution in [0.25, 0.3) is 11.3 Å². The highest BCUT2D eigenvalue weighted by Crippen LogP contribution is 2.29. The van der Waals surface area contributed by atoms with Crippen LogP contribution in [0.1, 0.15) is 11.3 Å². The van der Waals surface area contributed by atoms with Gasteiger partial charge in [0.05, 0.1) is 17.6 Å². The molecular formula is C17H20N6O3S. The van der Waals surface area contributed by atoms with Crippen LogP contribution in [0.15, 0.2) is 29.3 Å². The van der Waals surface area contributed by atoms with Crippen LogP contribution in [0.4, 0.5) is 17.5 Å². The molecule has 3 aromatic rings. The maximum Gasteiger partial charge on any atom is 0.229 e. The van der Waals surface area contributed by atoms with Gasteiger partial charge in [-0.05, 0) is 31.5 Å². The predicted octanol–water partition coefficient (Wildman–Crippen LogP) is 2.22. The van der Waals surface area contributed by atoms with Crippen LogP contribution in [0.5, 0.6) is 5.75 Å². The van der Waals surface area contributed by atoms with Crippen molar-refractivity contribution in [1.82, 2.24) is 20.2 Å². The quantitative estimate of drug-likeness (QED) is 0.605. The number of methoxy groups -OCH3 is 1. The summed E-state index contributed by atoms with van der Waals surface area (Å²) < 4.78 is 28.9. The molecule has 0 saturated carbocycles. The Bertz CT molecular complexity index is 1110. The lowest BCUT2D eigenvalue weighted by Crippen LogP contribution is -2.04. The van der Waals surface area contributed by atoms with E-state index in [1.165, 1.54) is 19.2 Å². The van der Waals surface area contributed by atoms with Crippen LogP contribution in [0.2, 0.25) is 0 Å². The molecule has 1 aromatic carbocycles. The largest absolute Gasteiger partial charge is 0.497 e. The molecule has 0 saturated heterocycles. The summed E-state index contributed by atoms with van der Waals surface area (Å²) in [4.78, 5) is 8.64. The SMILES string of the molecule is COc1cc(Nc2ncc(-c3n[nH]c(C)c3C)c(N)n2)cc(S(C)(=O)=O)c1. The summed E-state index contributed by atoms with van der Waals surface area (Å²) in [6.07, 6.45) is 2.70. The monoisotopic (exact) mass is 388 g/mol. The molecule has 2 heterocycles. The van der Waals surface area contributed by atoms with E-state index in [9.17, 15) is 8.42 Å². The zero-order valence-electron chi connectivity index (χ0n) is 15.4. The van der Waals surface area contributed by atoms with Gasteiger partial charge in [0.2, 0.25) is 5.95 Å². The molecule has 0 aliphatic carbocycles. The van der Waals surface area contributed by atoms with Crippen molar-refractivity contribution in [2.45, 2.75) is 18.7 Å². The summed E-state index contributed by atoms with van der Waals surface area (Å²) in [5.74, 6) is 0.884. The van der Waals surface area contributed by atoms with E-state index in [4.69, 9.17) is 10.5 Å². The number of nitrogen functional groups attached to an aromatic ring is 1. The van der Waals surface area contributed by atoms with Gasteiger partial charge in [0.15, 0.2) is 9.84 Å². The Kier molecular flexibility index (Phi) is 4.75. The van der Waals surface area contributed by atoms with Gasteiger partial charge in [0.25, 0.3) is 0 Å². The van der Waals surface area contributed by atoms with Crippen molar-refractivity contribution in [1.29, 1.82) is 0 Å². The summed E-state index contributed by atoms with van der Waals surface area (Å²) in [6.45, 7) is 3.85. The molecular weight excluding hydrogens is 368 g/mol. The van der Waals surface area contributed by atoms with Crippen molar-refractivity contribution in [3.8, 4) is 17.0 Å². The first-order chi connectivity index (χ1) is 12.7. The average Bonchev–Trinajstić information content (AvgIpc) is 2.93.